The highest BCUT2D eigenvalue weighted by molar-refractivity contribution is 7.92. The van der Waals surface area contributed by atoms with Crippen molar-refractivity contribution in [2.45, 2.75) is 11.8 Å². The van der Waals surface area contributed by atoms with Crippen molar-refractivity contribution in [2.75, 3.05) is 18.8 Å². The Kier molecular flexibility index (Phi) is 4.51. The molecule has 2 rings (SSSR count). The van der Waals surface area contributed by atoms with E-state index in [-0.39, 0.29) is 10.8 Å². The van der Waals surface area contributed by atoms with Crippen molar-refractivity contribution in [1.82, 2.24) is 4.90 Å². The first kappa shape index (κ1) is 16.0. The van der Waals surface area contributed by atoms with Gasteiger partial charge in [-0.2, -0.15) is 0 Å². The number of carbonyl (C=O) groups is 1. The van der Waals surface area contributed by atoms with E-state index in [1.54, 1.807) is 44.4 Å². The molecule has 2 aromatic rings. The lowest BCUT2D eigenvalue weighted by Gasteiger charge is -2.12. The zero-order valence-electron chi connectivity index (χ0n) is 12.7. The smallest absolute Gasteiger partial charge is 0.261 e. The van der Waals surface area contributed by atoms with Crippen molar-refractivity contribution in [3.05, 3.63) is 59.7 Å². The summed E-state index contributed by atoms with van der Waals surface area (Å²) in [5.41, 5.74) is 1.78. The van der Waals surface area contributed by atoms with Crippen LogP contribution in [0.25, 0.3) is 0 Å². The summed E-state index contributed by atoms with van der Waals surface area (Å²) in [6.07, 6.45) is 0. The molecule has 0 heterocycles. The van der Waals surface area contributed by atoms with Crippen molar-refractivity contribution in [2.24, 2.45) is 0 Å². The predicted molar refractivity (Wildman–Crippen MR) is 86.4 cm³/mol. The summed E-state index contributed by atoms with van der Waals surface area (Å²) in [6, 6.07) is 13.1. The number of benzene rings is 2. The quantitative estimate of drug-likeness (QED) is 0.942. The Morgan fingerprint density at radius 3 is 2.36 bits per heavy atom. The van der Waals surface area contributed by atoms with Gasteiger partial charge in [0.15, 0.2) is 0 Å². The number of aryl methyl sites for hydroxylation is 1. The SMILES string of the molecule is Cc1cccc(NS(=O)(=O)c2cccc(C(=O)N(C)C)c2)c1. The molecule has 2 aromatic carbocycles. The summed E-state index contributed by atoms with van der Waals surface area (Å²) in [6.45, 7) is 1.88. The molecule has 0 aliphatic carbocycles. The topological polar surface area (TPSA) is 66.5 Å². The van der Waals surface area contributed by atoms with Gasteiger partial charge in [-0.05, 0) is 42.8 Å². The Labute approximate surface area is 130 Å². The molecule has 0 radical (unpaired) electrons. The van der Waals surface area contributed by atoms with E-state index in [1.807, 2.05) is 13.0 Å². The summed E-state index contributed by atoms with van der Waals surface area (Å²) in [7, 11) is -0.493. The summed E-state index contributed by atoms with van der Waals surface area (Å²) < 4.78 is 27.4. The fourth-order valence-corrected chi connectivity index (χ4v) is 3.07. The van der Waals surface area contributed by atoms with E-state index >= 15 is 0 Å². The van der Waals surface area contributed by atoms with Crippen LogP contribution in [0.5, 0.6) is 0 Å². The van der Waals surface area contributed by atoms with E-state index in [1.165, 1.54) is 17.0 Å². The number of anilines is 1. The summed E-state index contributed by atoms with van der Waals surface area (Å²) in [4.78, 5) is 13.4. The van der Waals surface area contributed by atoms with Gasteiger partial charge in [-0.25, -0.2) is 8.42 Å². The van der Waals surface area contributed by atoms with E-state index in [2.05, 4.69) is 4.72 Å². The van der Waals surface area contributed by atoms with Gasteiger partial charge in [0.25, 0.3) is 15.9 Å². The first-order valence-corrected chi connectivity index (χ1v) is 8.19. The second-order valence-corrected chi connectivity index (χ2v) is 6.88. The van der Waals surface area contributed by atoms with E-state index in [0.717, 1.165) is 5.56 Å². The van der Waals surface area contributed by atoms with Gasteiger partial charge in [0.1, 0.15) is 0 Å². The maximum Gasteiger partial charge on any atom is 0.261 e. The van der Waals surface area contributed by atoms with Crippen molar-refractivity contribution in [1.29, 1.82) is 0 Å². The molecule has 0 bridgehead atoms. The lowest BCUT2D eigenvalue weighted by atomic mass is 10.2. The third kappa shape index (κ3) is 3.65. The third-order valence-corrected chi connectivity index (χ3v) is 4.45. The monoisotopic (exact) mass is 318 g/mol. The number of nitrogens with one attached hydrogen (secondary N) is 1. The number of sulfonamides is 1. The van der Waals surface area contributed by atoms with Crippen molar-refractivity contribution in [3.8, 4) is 0 Å². The van der Waals surface area contributed by atoms with Crippen LogP contribution in [-0.4, -0.2) is 33.3 Å². The normalized spacial score (nSPS) is 11.0. The van der Waals surface area contributed by atoms with Crippen LogP contribution in [0.2, 0.25) is 0 Å². The summed E-state index contributed by atoms with van der Waals surface area (Å²) in [5.74, 6) is -0.243. The second kappa shape index (κ2) is 6.19. The van der Waals surface area contributed by atoms with Crippen LogP contribution in [0.1, 0.15) is 15.9 Å². The Morgan fingerprint density at radius 1 is 1.05 bits per heavy atom. The molecule has 0 saturated heterocycles. The molecule has 0 fully saturated rings. The first-order chi connectivity index (χ1) is 10.3. The Morgan fingerprint density at radius 2 is 1.73 bits per heavy atom. The molecule has 22 heavy (non-hydrogen) atoms. The number of rotatable bonds is 4. The first-order valence-electron chi connectivity index (χ1n) is 6.71. The van der Waals surface area contributed by atoms with E-state index in [4.69, 9.17) is 0 Å². The van der Waals surface area contributed by atoms with Gasteiger partial charge in [0.2, 0.25) is 0 Å². The Bertz CT molecular complexity index is 799. The molecule has 1 amide bonds. The molecule has 116 valence electrons. The molecule has 0 aromatic heterocycles. The third-order valence-electron chi connectivity index (χ3n) is 3.07. The standard InChI is InChI=1S/C16H18N2O3S/c1-12-6-4-8-14(10-12)17-22(20,21)15-9-5-7-13(11-15)16(19)18(2)3/h4-11,17H,1-3H3. The molecular weight excluding hydrogens is 300 g/mol. The molecule has 0 aliphatic heterocycles. The van der Waals surface area contributed by atoms with Gasteiger partial charge >= 0.3 is 0 Å². The molecular formula is C16H18N2O3S. The molecule has 5 nitrogen and oxygen atoms in total. The van der Waals surface area contributed by atoms with Crippen LogP contribution in [0, 0.1) is 6.92 Å². The fourth-order valence-electron chi connectivity index (χ4n) is 1.98. The summed E-state index contributed by atoms with van der Waals surface area (Å²) in [5, 5.41) is 0. The Hall–Kier alpha value is -2.34. The fraction of sp³-hybridized carbons (Fsp3) is 0.188. The molecule has 1 N–H and O–H groups in total. The van der Waals surface area contributed by atoms with Gasteiger partial charge in [-0.1, -0.05) is 18.2 Å². The van der Waals surface area contributed by atoms with Crippen LogP contribution >= 0.6 is 0 Å². The Balaban J connectivity index is 2.34. The highest BCUT2D eigenvalue weighted by Gasteiger charge is 2.17. The molecule has 0 atom stereocenters. The minimum absolute atomic E-state index is 0.0571. The van der Waals surface area contributed by atoms with E-state index < -0.39 is 10.0 Å². The molecule has 0 spiro atoms. The number of nitrogens with zero attached hydrogens (tertiary/aromatic N) is 1. The van der Waals surface area contributed by atoms with Crippen LogP contribution in [0.4, 0.5) is 5.69 Å². The predicted octanol–water partition coefficient (Wildman–Crippen LogP) is 2.50. The van der Waals surface area contributed by atoms with Gasteiger partial charge in [0.05, 0.1) is 4.90 Å². The van der Waals surface area contributed by atoms with Gasteiger partial charge in [-0.3, -0.25) is 9.52 Å². The van der Waals surface area contributed by atoms with Gasteiger partial charge in [0, 0.05) is 25.3 Å². The zero-order valence-corrected chi connectivity index (χ0v) is 13.5. The highest BCUT2D eigenvalue weighted by Crippen LogP contribution is 2.18. The van der Waals surface area contributed by atoms with Crippen LogP contribution in [0.15, 0.2) is 53.4 Å². The average Bonchev–Trinajstić information content (AvgIpc) is 2.46. The molecule has 0 saturated carbocycles. The molecule has 0 aliphatic rings. The maximum absolute atomic E-state index is 12.4. The van der Waals surface area contributed by atoms with Crippen LogP contribution < -0.4 is 4.72 Å². The lowest BCUT2D eigenvalue weighted by molar-refractivity contribution is 0.0827. The van der Waals surface area contributed by atoms with Crippen LogP contribution in [-0.2, 0) is 10.0 Å². The second-order valence-electron chi connectivity index (χ2n) is 5.20. The molecule has 6 heteroatoms. The minimum Gasteiger partial charge on any atom is -0.345 e. The zero-order chi connectivity index (χ0) is 16.3. The van der Waals surface area contributed by atoms with Crippen molar-refractivity contribution >= 4 is 21.6 Å². The van der Waals surface area contributed by atoms with Crippen molar-refractivity contribution < 1.29 is 13.2 Å². The molecule has 0 unspecified atom stereocenters. The number of amides is 1. The van der Waals surface area contributed by atoms with E-state index in [9.17, 15) is 13.2 Å². The van der Waals surface area contributed by atoms with Gasteiger partial charge in [-0.15, -0.1) is 0 Å². The summed E-state index contributed by atoms with van der Waals surface area (Å²) >= 11 is 0. The highest BCUT2D eigenvalue weighted by atomic mass is 32.2. The number of hydrogen-bond acceptors (Lipinski definition) is 3. The van der Waals surface area contributed by atoms with Crippen LogP contribution in [0.3, 0.4) is 0 Å². The van der Waals surface area contributed by atoms with E-state index in [0.29, 0.717) is 11.3 Å². The minimum atomic E-state index is -3.73. The van der Waals surface area contributed by atoms with Gasteiger partial charge < -0.3 is 4.90 Å². The lowest BCUT2D eigenvalue weighted by Crippen LogP contribution is -2.22. The van der Waals surface area contributed by atoms with Crippen molar-refractivity contribution in [3.63, 3.8) is 0 Å². The number of carbonyl (C=O) groups excluding carboxylic acids is 1. The largest absolute Gasteiger partial charge is 0.345 e. The maximum atomic E-state index is 12.4. The average molecular weight is 318 g/mol. The number of hydrogen-bond donors (Lipinski definition) is 1.